The van der Waals surface area contributed by atoms with Crippen LogP contribution in [0.2, 0.25) is 0 Å². The first kappa shape index (κ1) is 16.1. The molecule has 1 fully saturated rings. The standard InChI is InChI=1S/C16H16N8O2/c25-16(12-2-1-3-13(8-12)24-11-19-21-22-24)20-14-9-15(18-10-17-14)23-4-6-26-7-5-23/h1-3,8-11H,4-7H2,(H,17,18,20,25). The summed E-state index contributed by atoms with van der Waals surface area (Å²) in [5.41, 5.74) is 1.17. The topological polar surface area (TPSA) is 111 Å². The Bertz CT molecular complexity index is 893. The second kappa shape index (κ2) is 7.23. The van der Waals surface area contributed by atoms with E-state index in [0.29, 0.717) is 30.3 Å². The predicted octanol–water partition coefficient (Wildman–Crippen LogP) is 0.541. The van der Waals surface area contributed by atoms with Crippen molar-refractivity contribution in [3.63, 3.8) is 0 Å². The summed E-state index contributed by atoms with van der Waals surface area (Å²) in [5, 5.41) is 13.8. The summed E-state index contributed by atoms with van der Waals surface area (Å²) in [6.07, 6.45) is 2.91. The van der Waals surface area contributed by atoms with E-state index in [1.807, 2.05) is 6.07 Å². The number of hydrogen-bond donors (Lipinski definition) is 1. The quantitative estimate of drug-likeness (QED) is 0.724. The molecule has 1 aliphatic heterocycles. The van der Waals surface area contributed by atoms with Crippen molar-refractivity contribution < 1.29 is 9.53 Å². The van der Waals surface area contributed by atoms with Crippen LogP contribution in [0.3, 0.4) is 0 Å². The first-order valence-corrected chi connectivity index (χ1v) is 8.09. The summed E-state index contributed by atoms with van der Waals surface area (Å²) in [7, 11) is 0. The van der Waals surface area contributed by atoms with Gasteiger partial charge in [-0.2, -0.15) is 0 Å². The van der Waals surface area contributed by atoms with E-state index in [9.17, 15) is 4.79 Å². The first-order valence-electron chi connectivity index (χ1n) is 8.09. The first-order chi connectivity index (χ1) is 12.8. The molecular formula is C16H16N8O2. The highest BCUT2D eigenvalue weighted by Crippen LogP contribution is 2.17. The molecule has 10 nitrogen and oxygen atoms in total. The Morgan fingerprint density at radius 1 is 1.15 bits per heavy atom. The van der Waals surface area contributed by atoms with Crippen LogP contribution in [0, 0.1) is 0 Å². The monoisotopic (exact) mass is 352 g/mol. The lowest BCUT2D eigenvalue weighted by Gasteiger charge is -2.27. The molecule has 10 heteroatoms. The van der Waals surface area contributed by atoms with E-state index in [1.165, 1.54) is 17.3 Å². The molecule has 0 radical (unpaired) electrons. The Balaban J connectivity index is 1.50. The molecule has 0 unspecified atom stereocenters. The number of amides is 1. The van der Waals surface area contributed by atoms with Crippen LogP contribution in [0.5, 0.6) is 0 Å². The highest BCUT2D eigenvalue weighted by molar-refractivity contribution is 6.04. The normalized spacial score (nSPS) is 14.2. The van der Waals surface area contributed by atoms with Gasteiger partial charge < -0.3 is 15.0 Å². The van der Waals surface area contributed by atoms with Gasteiger partial charge in [-0.1, -0.05) is 6.07 Å². The van der Waals surface area contributed by atoms with Crippen molar-refractivity contribution in [3.8, 4) is 5.69 Å². The number of tetrazole rings is 1. The third kappa shape index (κ3) is 3.49. The van der Waals surface area contributed by atoms with E-state index in [-0.39, 0.29) is 5.91 Å². The number of carbonyl (C=O) groups is 1. The molecule has 26 heavy (non-hydrogen) atoms. The Morgan fingerprint density at radius 2 is 2.04 bits per heavy atom. The number of nitrogens with zero attached hydrogens (tertiary/aromatic N) is 7. The maximum absolute atomic E-state index is 12.6. The molecule has 1 aromatic carbocycles. The average Bonchev–Trinajstić information content (AvgIpc) is 3.24. The maximum Gasteiger partial charge on any atom is 0.256 e. The minimum Gasteiger partial charge on any atom is -0.378 e. The van der Waals surface area contributed by atoms with Crippen LogP contribution in [-0.2, 0) is 4.74 Å². The van der Waals surface area contributed by atoms with Gasteiger partial charge in [-0.3, -0.25) is 4.79 Å². The molecular weight excluding hydrogens is 336 g/mol. The molecule has 2 aromatic heterocycles. The number of carbonyl (C=O) groups excluding carboxylic acids is 1. The number of anilines is 2. The van der Waals surface area contributed by atoms with Crippen molar-refractivity contribution in [1.82, 2.24) is 30.2 Å². The minimum atomic E-state index is -0.272. The average molecular weight is 352 g/mol. The number of aromatic nitrogens is 6. The summed E-state index contributed by atoms with van der Waals surface area (Å²) >= 11 is 0. The van der Waals surface area contributed by atoms with Gasteiger partial charge in [0.05, 0.1) is 18.9 Å². The molecule has 132 valence electrons. The molecule has 1 saturated heterocycles. The van der Waals surface area contributed by atoms with Crippen molar-refractivity contribution in [3.05, 3.63) is 48.5 Å². The van der Waals surface area contributed by atoms with Crippen molar-refractivity contribution in [2.45, 2.75) is 0 Å². The fourth-order valence-corrected chi connectivity index (χ4v) is 2.64. The molecule has 1 amide bonds. The van der Waals surface area contributed by atoms with Crippen molar-refractivity contribution in [1.29, 1.82) is 0 Å². The Hall–Kier alpha value is -3.40. The number of rotatable bonds is 4. The summed E-state index contributed by atoms with van der Waals surface area (Å²) in [5.74, 6) is 0.937. The van der Waals surface area contributed by atoms with Crippen molar-refractivity contribution in [2.75, 3.05) is 36.5 Å². The van der Waals surface area contributed by atoms with Crippen molar-refractivity contribution >= 4 is 17.5 Å². The van der Waals surface area contributed by atoms with Gasteiger partial charge in [0.1, 0.15) is 24.3 Å². The Labute approximate surface area is 148 Å². The van der Waals surface area contributed by atoms with Gasteiger partial charge in [-0.25, -0.2) is 14.6 Å². The van der Waals surface area contributed by atoms with Gasteiger partial charge in [-0.15, -0.1) is 5.10 Å². The molecule has 0 bridgehead atoms. The smallest absolute Gasteiger partial charge is 0.256 e. The summed E-state index contributed by atoms with van der Waals surface area (Å²) < 4.78 is 6.83. The molecule has 0 spiro atoms. The number of morpholine rings is 1. The van der Waals surface area contributed by atoms with E-state index in [0.717, 1.165) is 18.9 Å². The lowest BCUT2D eigenvalue weighted by molar-refractivity contribution is 0.102. The largest absolute Gasteiger partial charge is 0.378 e. The molecule has 0 aliphatic carbocycles. The number of ether oxygens (including phenoxy) is 1. The molecule has 1 N–H and O–H groups in total. The van der Waals surface area contributed by atoms with Gasteiger partial charge in [0.2, 0.25) is 0 Å². The molecule has 4 rings (SSSR count). The third-order valence-electron chi connectivity index (χ3n) is 3.95. The highest BCUT2D eigenvalue weighted by atomic mass is 16.5. The molecule has 0 atom stereocenters. The van der Waals surface area contributed by atoms with Crippen LogP contribution in [0.25, 0.3) is 5.69 Å². The zero-order valence-corrected chi connectivity index (χ0v) is 13.8. The van der Waals surface area contributed by atoms with E-state index in [1.54, 1.807) is 24.3 Å². The lowest BCUT2D eigenvalue weighted by Crippen LogP contribution is -2.36. The van der Waals surface area contributed by atoms with E-state index in [2.05, 4.69) is 35.7 Å². The van der Waals surface area contributed by atoms with Crippen LogP contribution >= 0.6 is 0 Å². The van der Waals surface area contributed by atoms with Crippen LogP contribution in [0.1, 0.15) is 10.4 Å². The Morgan fingerprint density at radius 3 is 2.85 bits per heavy atom. The van der Waals surface area contributed by atoms with Crippen LogP contribution in [0.15, 0.2) is 43.0 Å². The van der Waals surface area contributed by atoms with Crippen molar-refractivity contribution in [2.24, 2.45) is 0 Å². The zero-order chi connectivity index (χ0) is 17.8. The van der Waals surface area contributed by atoms with Gasteiger partial charge in [0, 0.05) is 24.7 Å². The van der Waals surface area contributed by atoms with Crippen LogP contribution in [-0.4, -0.2) is 62.4 Å². The van der Waals surface area contributed by atoms with Gasteiger partial charge in [0.25, 0.3) is 5.91 Å². The van der Waals surface area contributed by atoms with Gasteiger partial charge in [0.15, 0.2) is 0 Å². The minimum absolute atomic E-state index is 0.272. The van der Waals surface area contributed by atoms with Crippen LogP contribution < -0.4 is 10.2 Å². The fraction of sp³-hybridized carbons (Fsp3) is 0.250. The SMILES string of the molecule is O=C(Nc1cc(N2CCOCC2)ncn1)c1cccc(-n2cnnn2)c1. The van der Waals surface area contributed by atoms with Gasteiger partial charge in [-0.05, 0) is 28.6 Å². The molecule has 3 aromatic rings. The number of benzene rings is 1. The molecule has 3 heterocycles. The summed E-state index contributed by atoms with van der Waals surface area (Å²) in [6, 6.07) is 8.76. The third-order valence-corrected chi connectivity index (χ3v) is 3.95. The van der Waals surface area contributed by atoms with E-state index in [4.69, 9.17) is 4.74 Å². The molecule has 1 aliphatic rings. The number of hydrogen-bond acceptors (Lipinski definition) is 8. The summed E-state index contributed by atoms with van der Waals surface area (Å²) in [6.45, 7) is 2.85. The maximum atomic E-state index is 12.6. The zero-order valence-electron chi connectivity index (χ0n) is 13.8. The number of nitrogens with one attached hydrogen (secondary N) is 1. The van der Waals surface area contributed by atoms with E-state index >= 15 is 0 Å². The predicted molar refractivity (Wildman–Crippen MR) is 92.2 cm³/mol. The lowest BCUT2D eigenvalue weighted by atomic mass is 10.2. The molecule has 0 saturated carbocycles. The van der Waals surface area contributed by atoms with Crippen LogP contribution in [0.4, 0.5) is 11.6 Å². The summed E-state index contributed by atoms with van der Waals surface area (Å²) in [4.78, 5) is 23.1. The van der Waals surface area contributed by atoms with Gasteiger partial charge >= 0.3 is 0 Å². The fourth-order valence-electron chi connectivity index (χ4n) is 2.64. The Kier molecular flexibility index (Phi) is 4.48. The highest BCUT2D eigenvalue weighted by Gasteiger charge is 2.14. The van der Waals surface area contributed by atoms with E-state index < -0.39 is 0 Å². The second-order valence-corrected chi connectivity index (χ2v) is 5.62. The second-order valence-electron chi connectivity index (χ2n) is 5.62.